The number of benzene rings is 3. The quantitative estimate of drug-likeness (QED) is 0.692. The average molecular weight is 400 g/mol. The van der Waals surface area contributed by atoms with Crippen LogP contribution in [0.15, 0.2) is 66.7 Å². The number of fused-ring (bicyclic) bond motifs is 1. The molecule has 0 atom stereocenters. The van der Waals surface area contributed by atoms with Crippen LogP contribution in [0.3, 0.4) is 0 Å². The molecule has 5 heteroatoms. The van der Waals surface area contributed by atoms with Crippen molar-refractivity contribution < 1.29 is 14.3 Å². The molecule has 152 valence electrons. The summed E-state index contributed by atoms with van der Waals surface area (Å²) in [5.41, 5.74) is 6.86. The molecule has 5 nitrogen and oxygen atoms in total. The number of hydrogen-bond acceptors (Lipinski definition) is 3. The number of nitrogens with zero attached hydrogens (tertiary/aromatic N) is 1. The van der Waals surface area contributed by atoms with Gasteiger partial charge in [-0.25, -0.2) is 0 Å². The van der Waals surface area contributed by atoms with Gasteiger partial charge in [0.25, 0.3) is 5.91 Å². The minimum Gasteiger partial charge on any atom is -0.367 e. The van der Waals surface area contributed by atoms with Crippen LogP contribution >= 0.6 is 0 Å². The molecular formula is C25H24N2O3. The zero-order valence-electron chi connectivity index (χ0n) is 17.1. The Morgan fingerprint density at radius 3 is 2.53 bits per heavy atom. The Labute approximate surface area is 176 Å². The van der Waals surface area contributed by atoms with Gasteiger partial charge in [0, 0.05) is 23.9 Å². The maximum atomic E-state index is 12.7. The molecule has 2 amide bonds. The monoisotopic (exact) mass is 400 g/mol. The van der Waals surface area contributed by atoms with Crippen LogP contribution in [-0.2, 0) is 27.5 Å². The lowest BCUT2D eigenvalue weighted by molar-refractivity contribution is -0.123. The van der Waals surface area contributed by atoms with Crippen molar-refractivity contribution in [2.75, 3.05) is 16.8 Å². The number of aryl methyl sites for hydroxylation is 1. The minimum atomic E-state index is -0.104. The molecule has 1 aliphatic rings. The summed E-state index contributed by atoms with van der Waals surface area (Å²) in [7, 11) is 0. The minimum absolute atomic E-state index is 0.0465. The van der Waals surface area contributed by atoms with E-state index in [4.69, 9.17) is 4.74 Å². The highest BCUT2D eigenvalue weighted by Gasteiger charge is 2.23. The Kier molecular flexibility index (Phi) is 5.63. The summed E-state index contributed by atoms with van der Waals surface area (Å²) in [6, 6.07) is 22.0. The topological polar surface area (TPSA) is 58.6 Å². The van der Waals surface area contributed by atoms with E-state index in [0.717, 1.165) is 33.6 Å². The maximum Gasteiger partial charge on any atom is 0.253 e. The van der Waals surface area contributed by atoms with Crippen molar-refractivity contribution in [1.29, 1.82) is 0 Å². The SMILES string of the molecule is CC(=O)Nc1cccc(-c2ccc3c(c2)COCC(=O)N3Cc2ccc(C)cc2)c1. The van der Waals surface area contributed by atoms with Crippen LogP contribution in [0.2, 0.25) is 0 Å². The van der Waals surface area contributed by atoms with Gasteiger partial charge in [-0.1, -0.05) is 48.0 Å². The molecule has 3 aromatic rings. The lowest BCUT2D eigenvalue weighted by Gasteiger charge is -2.23. The van der Waals surface area contributed by atoms with Crippen molar-refractivity contribution in [3.8, 4) is 11.1 Å². The standard InChI is InChI=1S/C25H24N2O3/c1-17-6-8-19(9-7-17)14-27-24-11-10-21(12-22(24)15-30-16-25(27)29)20-4-3-5-23(13-20)26-18(2)28/h3-13H,14-16H2,1-2H3,(H,26,28). The van der Waals surface area contributed by atoms with E-state index in [1.807, 2.05) is 43.3 Å². The summed E-state index contributed by atoms with van der Waals surface area (Å²) in [6.07, 6.45) is 0. The molecule has 0 saturated heterocycles. The number of rotatable bonds is 4. The van der Waals surface area contributed by atoms with Gasteiger partial charge in [0.15, 0.2) is 0 Å². The number of anilines is 2. The van der Waals surface area contributed by atoms with Crippen LogP contribution in [0.25, 0.3) is 11.1 Å². The zero-order valence-corrected chi connectivity index (χ0v) is 17.1. The zero-order chi connectivity index (χ0) is 21.1. The molecule has 0 saturated carbocycles. The van der Waals surface area contributed by atoms with Gasteiger partial charge in [0.2, 0.25) is 5.91 Å². The number of hydrogen-bond donors (Lipinski definition) is 1. The van der Waals surface area contributed by atoms with Crippen molar-refractivity contribution >= 4 is 23.2 Å². The first-order valence-corrected chi connectivity index (χ1v) is 9.94. The molecule has 0 radical (unpaired) electrons. The molecule has 1 heterocycles. The van der Waals surface area contributed by atoms with Crippen molar-refractivity contribution in [3.05, 3.63) is 83.4 Å². The highest BCUT2D eigenvalue weighted by atomic mass is 16.5. The summed E-state index contributed by atoms with van der Waals surface area (Å²) in [4.78, 5) is 25.9. The number of amides is 2. The number of carbonyl (C=O) groups excluding carboxylic acids is 2. The first-order valence-electron chi connectivity index (χ1n) is 9.94. The lowest BCUT2D eigenvalue weighted by Crippen LogP contribution is -2.32. The normalized spacial score (nSPS) is 13.5. The van der Waals surface area contributed by atoms with E-state index in [9.17, 15) is 9.59 Å². The number of carbonyl (C=O) groups is 2. The highest BCUT2D eigenvalue weighted by molar-refractivity contribution is 5.96. The van der Waals surface area contributed by atoms with E-state index in [2.05, 4.69) is 35.6 Å². The summed E-state index contributed by atoms with van der Waals surface area (Å²) in [5, 5.41) is 2.81. The highest BCUT2D eigenvalue weighted by Crippen LogP contribution is 2.32. The van der Waals surface area contributed by atoms with E-state index in [1.54, 1.807) is 4.90 Å². The van der Waals surface area contributed by atoms with Crippen LogP contribution in [0.5, 0.6) is 0 Å². The third-order valence-electron chi connectivity index (χ3n) is 5.13. The molecule has 30 heavy (non-hydrogen) atoms. The first kappa shape index (κ1) is 19.9. The Morgan fingerprint density at radius 1 is 1.00 bits per heavy atom. The predicted octanol–water partition coefficient (Wildman–Crippen LogP) is 4.68. The second-order valence-electron chi connectivity index (χ2n) is 7.56. The van der Waals surface area contributed by atoms with E-state index in [0.29, 0.717) is 13.2 Å². The van der Waals surface area contributed by atoms with Crippen LogP contribution in [0.1, 0.15) is 23.6 Å². The Hall–Kier alpha value is -3.44. The third kappa shape index (κ3) is 4.42. The van der Waals surface area contributed by atoms with Crippen LogP contribution < -0.4 is 10.2 Å². The second kappa shape index (κ2) is 8.51. The fourth-order valence-electron chi connectivity index (χ4n) is 3.63. The van der Waals surface area contributed by atoms with Gasteiger partial charge < -0.3 is 15.0 Å². The van der Waals surface area contributed by atoms with E-state index in [1.165, 1.54) is 12.5 Å². The maximum absolute atomic E-state index is 12.7. The molecule has 0 bridgehead atoms. The van der Waals surface area contributed by atoms with E-state index < -0.39 is 0 Å². The van der Waals surface area contributed by atoms with Gasteiger partial charge in [0.05, 0.1) is 13.2 Å². The van der Waals surface area contributed by atoms with Gasteiger partial charge >= 0.3 is 0 Å². The third-order valence-corrected chi connectivity index (χ3v) is 5.13. The molecule has 1 N–H and O–H groups in total. The predicted molar refractivity (Wildman–Crippen MR) is 118 cm³/mol. The van der Waals surface area contributed by atoms with E-state index in [-0.39, 0.29) is 18.4 Å². The molecular weight excluding hydrogens is 376 g/mol. The van der Waals surface area contributed by atoms with Crippen molar-refractivity contribution in [2.45, 2.75) is 27.0 Å². The fraction of sp³-hybridized carbons (Fsp3) is 0.200. The largest absolute Gasteiger partial charge is 0.367 e. The fourth-order valence-corrected chi connectivity index (χ4v) is 3.63. The smallest absolute Gasteiger partial charge is 0.253 e. The van der Waals surface area contributed by atoms with Crippen molar-refractivity contribution in [1.82, 2.24) is 0 Å². The Morgan fingerprint density at radius 2 is 1.77 bits per heavy atom. The molecule has 3 aromatic carbocycles. The van der Waals surface area contributed by atoms with Gasteiger partial charge in [0.1, 0.15) is 6.61 Å². The van der Waals surface area contributed by atoms with Crippen molar-refractivity contribution in [3.63, 3.8) is 0 Å². The Balaban J connectivity index is 1.67. The Bertz CT molecular complexity index is 1090. The van der Waals surface area contributed by atoms with Crippen LogP contribution in [0, 0.1) is 6.92 Å². The number of ether oxygens (including phenoxy) is 1. The van der Waals surface area contributed by atoms with Gasteiger partial charge in [-0.3, -0.25) is 9.59 Å². The molecule has 4 rings (SSSR count). The van der Waals surface area contributed by atoms with Gasteiger partial charge in [-0.2, -0.15) is 0 Å². The van der Waals surface area contributed by atoms with Crippen LogP contribution in [-0.4, -0.2) is 18.4 Å². The molecule has 1 aliphatic heterocycles. The summed E-state index contributed by atoms with van der Waals surface area (Å²) in [6.45, 7) is 4.49. The summed E-state index contributed by atoms with van der Waals surface area (Å²) in [5.74, 6) is -0.150. The molecule has 0 aromatic heterocycles. The summed E-state index contributed by atoms with van der Waals surface area (Å²) < 4.78 is 5.64. The molecule has 0 fully saturated rings. The van der Waals surface area contributed by atoms with Crippen LogP contribution in [0.4, 0.5) is 11.4 Å². The van der Waals surface area contributed by atoms with Crippen molar-refractivity contribution in [2.24, 2.45) is 0 Å². The van der Waals surface area contributed by atoms with E-state index >= 15 is 0 Å². The lowest BCUT2D eigenvalue weighted by atomic mass is 10.0. The molecule has 0 aliphatic carbocycles. The summed E-state index contributed by atoms with van der Waals surface area (Å²) >= 11 is 0. The van der Waals surface area contributed by atoms with Gasteiger partial charge in [-0.15, -0.1) is 0 Å². The molecule has 0 spiro atoms. The number of nitrogens with one attached hydrogen (secondary N) is 1. The average Bonchev–Trinajstić information content (AvgIpc) is 2.88. The first-order chi connectivity index (χ1) is 14.5. The molecule has 0 unspecified atom stereocenters. The second-order valence-corrected chi connectivity index (χ2v) is 7.56. The van der Waals surface area contributed by atoms with Gasteiger partial charge in [-0.05, 0) is 47.9 Å².